The lowest BCUT2D eigenvalue weighted by molar-refractivity contribution is 0.386. The van der Waals surface area contributed by atoms with Crippen molar-refractivity contribution in [2.24, 2.45) is 0 Å². The van der Waals surface area contributed by atoms with E-state index >= 15 is 0 Å². The van der Waals surface area contributed by atoms with E-state index < -0.39 is 0 Å². The van der Waals surface area contributed by atoms with Crippen molar-refractivity contribution in [2.75, 3.05) is 6.61 Å². The Balaban J connectivity index is 2.30. The van der Waals surface area contributed by atoms with Gasteiger partial charge in [0.05, 0.1) is 6.61 Å². The lowest BCUT2D eigenvalue weighted by Crippen LogP contribution is -1.83. The smallest absolute Gasteiger partial charge is 0.0727 e. The normalized spacial score (nSPS) is 9.54. The average molecular weight is 192 g/mol. The zero-order chi connectivity index (χ0) is 9.52. The Kier molecular flexibility index (Phi) is 4.45. The summed E-state index contributed by atoms with van der Waals surface area (Å²) in [6.45, 7) is 2.67. The molecule has 0 spiro atoms. The lowest BCUT2D eigenvalue weighted by Gasteiger charge is -2.00. The van der Waals surface area contributed by atoms with E-state index in [1.165, 1.54) is 17.6 Å². The molecule has 0 atom stereocenters. The summed E-state index contributed by atoms with van der Waals surface area (Å²) in [6.07, 6.45) is 5.75. The molecule has 1 nitrogen and oxygen atoms in total. The van der Waals surface area contributed by atoms with Crippen molar-refractivity contribution < 1.29 is 4.18 Å². The summed E-state index contributed by atoms with van der Waals surface area (Å²) < 4.78 is 5.27. The van der Waals surface area contributed by atoms with Gasteiger partial charge in [0.1, 0.15) is 0 Å². The minimum atomic E-state index is 0.606. The van der Waals surface area contributed by atoms with Gasteiger partial charge < -0.3 is 4.18 Å². The highest BCUT2D eigenvalue weighted by molar-refractivity contribution is 7.94. The minimum Gasteiger partial charge on any atom is -0.309 e. The molecule has 0 fully saturated rings. The van der Waals surface area contributed by atoms with Gasteiger partial charge in [0, 0.05) is 23.4 Å². The molecule has 0 saturated carbocycles. The van der Waals surface area contributed by atoms with Crippen molar-refractivity contribution in [1.82, 2.24) is 0 Å². The summed E-state index contributed by atoms with van der Waals surface area (Å²) in [7, 11) is 0. The third-order valence-electron chi connectivity index (χ3n) is 1.51. The van der Waals surface area contributed by atoms with E-state index in [1.54, 1.807) is 0 Å². The monoisotopic (exact) mass is 192 g/mol. The molecule has 0 N–H and O–H groups in total. The van der Waals surface area contributed by atoms with Gasteiger partial charge in [-0.25, -0.2) is 0 Å². The van der Waals surface area contributed by atoms with Crippen LogP contribution in [-0.4, -0.2) is 6.61 Å². The maximum Gasteiger partial charge on any atom is 0.0727 e. The number of terminal acetylenes is 1. The first-order chi connectivity index (χ1) is 6.33. The van der Waals surface area contributed by atoms with E-state index in [9.17, 15) is 0 Å². The number of aryl methyl sites for hydroxylation is 1. The van der Waals surface area contributed by atoms with Crippen LogP contribution in [0.15, 0.2) is 29.2 Å². The average Bonchev–Trinajstić information content (AvgIpc) is 2.15. The van der Waals surface area contributed by atoms with Crippen molar-refractivity contribution in [2.45, 2.75) is 18.2 Å². The molecule has 0 unspecified atom stereocenters. The van der Waals surface area contributed by atoms with E-state index in [4.69, 9.17) is 10.6 Å². The van der Waals surface area contributed by atoms with Crippen molar-refractivity contribution >= 4 is 12.0 Å². The van der Waals surface area contributed by atoms with Gasteiger partial charge in [0.25, 0.3) is 0 Å². The van der Waals surface area contributed by atoms with Crippen LogP contribution in [0, 0.1) is 19.3 Å². The van der Waals surface area contributed by atoms with Crippen LogP contribution in [0.4, 0.5) is 0 Å². The highest BCUT2D eigenvalue weighted by Gasteiger charge is 1.93. The Morgan fingerprint density at radius 3 is 2.69 bits per heavy atom. The van der Waals surface area contributed by atoms with Gasteiger partial charge in [-0.15, -0.1) is 12.3 Å². The highest BCUT2D eigenvalue weighted by Crippen LogP contribution is 2.19. The topological polar surface area (TPSA) is 9.23 Å². The molecule has 1 aromatic carbocycles. The fourth-order valence-corrected chi connectivity index (χ4v) is 1.35. The second-order valence-electron chi connectivity index (χ2n) is 2.67. The Morgan fingerprint density at radius 2 is 2.08 bits per heavy atom. The van der Waals surface area contributed by atoms with Crippen LogP contribution in [0.1, 0.15) is 12.0 Å². The fourth-order valence-electron chi connectivity index (χ4n) is 0.804. The van der Waals surface area contributed by atoms with E-state index in [0.717, 1.165) is 4.90 Å². The second kappa shape index (κ2) is 5.69. The van der Waals surface area contributed by atoms with Crippen molar-refractivity contribution in [3.05, 3.63) is 29.8 Å². The molecule has 0 bridgehead atoms. The summed E-state index contributed by atoms with van der Waals surface area (Å²) in [5, 5.41) is 0. The van der Waals surface area contributed by atoms with E-state index in [-0.39, 0.29) is 0 Å². The summed E-state index contributed by atoms with van der Waals surface area (Å²) in [5.74, 6) is 2.52. The largest absolute Gasteiger partial charge is 0.309 e. The van der Waals surface area contributed by atoms with E-state index in [2.05, 4.69) is 25.0 Å². The molecular weight excluding hydrogens is 180 g/mol. The van der Waals surface area contributed by atoms with Crippen LogP contribution in [0.25, 0.3) is 0 Å². The van der Waals surface area contributed by atoms with Crippen LogP contribution >= 0.6 is 12.0 Å². The molecule has 0 aliphatic heterocycles. The van der Waals surface area contributed by atoms with Gasteiger partial charge in [-0.2, -0.15) is 0 Å². The Bertz CT molecular complexity index is 284. The molecule has 68 valence electrons. The van der Waals surface area contributed by atoms with Gasteiger partial charge in [0.2, 0.25) is 0 Å². The van der Waals surface area contributed by atoms with Crippen molar-refractivity contribution in [3.63, 3.8) is 0 Å². The van der Waals surface area contributed by atoms with Crippen LogP contribution in [0.3, 0.4) is 0 Å². The molecule has 13 heavy (non-hydrogen) atoms. The van der Waals surface area contributed by atoms with E-state index in [1.807, 2.05) is 12.1 Å². The molecule has 0 amide bonds. The van der Waals surface area contributed by atoms with Crippen LogP contribution < -0.4 is 0 Å². The first-order valence-corrected chi connectivity index (χ1v) is 4.86. The van der Waals surface area contributed by atoms with Gasteiger partial charge in [-0.3, -0.25) is 0 Å². The summed E-state index contributed by atoms with van der Waals surface area (Å²) in [6, 6.07) is 8.20. The predicted octanol–water partition coefficient (Wildman–Crippen LogP) is 3.04. The zero-order valence-corrected chi connectivity index (χ0v) is 8.43. The SMILES string of the molecule is C#CCCOSc1ccc(C)cc1. The predicted molar refractivity (Wildman–Crippen MR) is 56.4 cm³/mol. The molecule has 1 rings (SSSR count). The third-order valence-corrected chi connectivity index (χ3v) is 2.25. The Hall–Kier alpha value is -0.910. The summed E-state index contributed by atoms with van der Waals surface area (Å²) >= 11 is 1.37. The molecule has 0 aromatic heterocycles. The number of benzene rings is 1. The molecular formula is C11H12OS. The van der Waals surface area contributed by atoms with Gasteiger partial charge in [-0.05, 0) is 19.1 Å². The van der Waals surface area contributed by atoms with Crippen LogP contribution in [-0.2, 0) is 4.18 Å². The standard InChI is InChI=1S/C11H12OS/c1-3-4-9-12-13-11-7-5-10(2)6-8-11/h1,5-8H,4,9H2,2H3. The third kappa shape index (κ3) is 4.02. The van der Waals surface area contributed by atoms with Gasteiger partial charge in [0.15, 0.2) is 0 Å². The summed E-state index contributed by atoms with van der Waals surface area (Å²) in [4.78, 5) is 1.11. The number of hydrogen-bond donors (Lipinski definition) is 0. The maximum absolute atomic E-state index is 5.27. The quantitative estimate of drug-likeness (QED) is 0.412. The molecule has 1 aromatic rings. The minimum absolute atomic E-state index is 0.606. The second-order valence-corrected chi connectivity index (χ2v) is 3.55. The molecule has 0 heterocycles. The Labute approximate surface area is 83.7 Å². The molecule has 0 radical (unpaired) electrons. The van der Waals surface area contributed by atoms with Crippen molar-refractivity contribution in [1.29, 1.82) is 0 Å². The van der Waals surface area contributed by atoms with Gasteiger partial charge in [-0.1, -0.05) is 17.7 Å². The summed E-state index contributed by atoms with van der Waals surface area (Å²) in [5.41, 5.74) is 1.26. The first kappa shape index (κ1) is 10.2. The number of rotatable bonds is 4. The van der Waals surface area contributed by atoms with E-state index in [0.29, 0.717) is 13.0 Å². The fraction of sp³-hybridized carbons (Fsp3) is 0.273. The number of hydrogen-bond acceptors (Lipinski definition) is 2. The van der Waals surface area contributed by atoms with Crippen LogP contribution in [0.5, 0.6) is 0 Å². The lowest BCUT2D eigenvalue weighted by atomic mass is 10.2. The van der Waals surface area contributed by atoms with Crippen LogP contribution in [0.2, 0.25) is 0 Å². The van der Waals surface area contributed by atoms with Crippen molar-refractivity contribution in [3.8, 4) is 12.3 Å². The molecule has 0 aliphatic carbocycles. The first-order valence-electron chi connectivity index (χ1n) is 4.12. The molecule has 0 saturated heterocycles. The van der Waals surface area contributed by atoms with Gasteiger partial charge >= 0.3 is 0 Å². The molecule has 2 heteroatoms. The molecule has 0 aliphatic rings. The highest BCUT2D eigenvalue weighted by atomic mass is 32.2. The maximum atomic E-state index is 5.27. The Morgan fingerprint density at radius 1 is 1.38 bits per heavy atom. The zero-order valence-electron chi connectivity index (χ0n) is 7.62.